The van der Waals surface area contributed by atoms with Crippen LogP contribution >= 0.6 is 11.5 Å². The Kier molecular flexibility index (Phi) is 3.05. The second kappa shape index (κ2) is 4.47. The highest BCUT2D eigenvalue weighted by Crippen LogP contribution is 2.05. The van der Waals surface area contributed by atoms with Crippen molar-refractivity contribution in [3.8, 4) is 0 Å². The minimum Gasteiger partial charge on any atom is -0.347 e. The number of amides is 1. The molecule has 0 spiro atoms. The van der Waals surface area contributed by atoms with Crippen LogP contribution in [-0.2, 0) is 0 Å². The standard InChI is InChI=1S/C8H12N4OS/c13-8(7-5-10-12-14-7)11-6-2-1-3-9-4-6/h5-6,9H,1-4H2,(H,11,13). The third-order valence-corrected chi connectivity index (χ3v) is 2.88. The molecule has 2 rings (SSSR count). The summed E-state index contributed by atoms with van der Waals surface area (Å²) in [4.78, 5) is 12.1. The summed E-state index contributed by atoms with van der Waals surface area (Å²) in [5, 5.41) is 9.82. The van der Waals surface area contributed by atoms with Gasteiger partial charge in [0.15, 0.2) is 0 Å². The van der Waals surface area contributed by atoms with E-state index in [1.165, 1.54) is 6.20 Å². The number of aromatic nitrogens is 2. The zero-order valence-corrected chi connectivity index (χ0v) is 8.51. The average Bonchev–Trinajstić information content (AvgIpc) is 2.72. The van der Waals surface area contributed by atoms with E-state index in [2.05, 4.69) is 20.2 Å². The largest absolute Gasteiger partial charge is 0.347 e. The third kappa shape index (κ3) is 2.27. The maximum Gasteiger partial charge on any atom is 0.264 e. The molecule has 0 bridgehead atoms. The highest BCUT2D eigenvalue weighted by Gasteiger charge is 2.17. The zero-order valence-electron chi connectivity index (χ0n) is 7.69. The van der Waals surface area contributed by atoms with E-state index in [1.54, 1.807) is 0 Å². The zero-order chi connectivity index (χ0) is 9.80. The molecule has 1 saturated heterocycles. The van der Waals surface area contributed by atoms with Crippen LogP contribution in [0.5, 0.6) is 0 Å². The minimum atomic E-state index is -0.0614. The summed E-state index contributed by atoms with van der Waals surface area (Å²) in [5.74, 6) is -0.0614. The first-order valence-corrected chi connectivity index (χ1v) is 5.42. The number of nitrogens with zero attached hydrogens (tertiary/aromatic N) is 2. The van der Waals surface area contributed by atoms with E-state index in [1.807, 2.05) is 0 Å². The summed E-state index contributed by atoms with van der Waals surface area (Å²) >= 11 is 1.13. The Bertz CT molecular complexity index is 294. The normalized spacial score (nSPS) is 21.9. The number of nitrogens with one attached hydrogen (secondary N) is 2. The van der Waals surface area contributed by atoms with Crippen molar-refractivity contribution in [1.82, 2.24) is 20.2 Å². The van der Waals surface area contributed by atoms with Crippen molar-refractivity contribution in [2.75, 3.05) is 13.1 Å². The Balaban J connectivity index is 1.87. The first kappa shape index (κ1) is 9.54. The van der Waals surface area contributed by atoms with Crippen LogP contribution in [0.25, 0.3) is 0 Å². The van der Waals surface area contributed by atoms with Crippen LogP contribution in [0.4, 0.5) is 0 Å². The number of piperidine rings is 1. The van der Waals surface area contributed by atoms with Crippen molar-refractivity contribution in [3.05, 3.63) is 11.1 Å². The molecule has 14 heavy (non-hydrogen) atoms. The Morgan fingerprint density at radius 3 is 3.29 bits per heavy atom. The van der Waals surface area contributed by atoms with Gasteiger partial charge in [0.25, 0.3) is 5.91 Å². The van der Waals surface area contributed by atoms with Crippen LogP contribution in [0.3, 0.4) is 0 Å². The van der Waals surface area contributed by atoms with Gasteiger partial charge in [-0.2, -0.15) is 0 Å². The Labute approximate surface area is 86.1 Å². The molecule has 5 nitrogen and oxygen atoms in total. The molecular weight excluding hydrogens is 200 g/mol. The minimum absolute atomic E-state index is 0.0614. The van der Waals surface area contributed by atoms with Crippen LogP contribution in [0.2, 0.25) is 0 Å². The van der Waals surface area contributed by atoms with Gasteiger partial charge in [0, 0.05) is 12.6 Å². The maximum atomic E-state index is 11.6. The van der Waals surface area contributed by atoms with Gasteiger partial charge >= 0.3 is 0 Å². The molecule has 2 N–H and O–H groups in total. The van der Waals surface area contributed by atoms with Crippen LogP contribution in [-0.4, -0.2) is 34.6 Å². The summed E-state index contributed by atoms with van der Waals surface area (Å²) in [5.41, 5.74) is 0. The lowest BCUT2D eigenvalue weighted by Gasteiger charge is -2.23. The highest BCUT2D eigenvalue weighted by atomic mass is 32.1. The lowest BCUT2D eigenvalue weighted by Crippen LogP contribution is -2.45. The lowest BCUT2D eigenvalue weighted by atomic mass is 10.1. The molecule has 0 aliphatic carbocycles. The molecule has 6 heteroatoms. The molecule has 1 unspecified atom stereocenters. The van der Waals surface area contributed by atoms with Crippen molar-refractivity contribution in [2.24, 2.45) is 0 Å². The van der Waals surface area contributed by atoms with E-state index in [0.29, 0.717) is 4.88 Å². The van der Waals surface area contributed by atoms with E-state index in [-0.39, 0.29) is 11.9 Å². The van der Waals surface area contributed by atoms with Crippen molar-refractivity contribution in [3.63, 3.8) is 0 Å². The van der Waals surface area contributed by atoms with Crippen molar-refractivity contribution >= 4 is 17.4 Å². The van der Waals surface area contributed by atoms with Crippen LogP contribution < -0.4 is 10.6 Å². The van der Waals surface area contributed by atoms with Crippen molar-refractivity contribution in [1.29, 1.82) is 0 Å². The average molecular weight is 212 g/mol. The monoisotopic (exact) mass is 212 g/mol. The fourth-order valence-electron chi connectivity index (χ4n) is 1.50. The third-order valence-electron chi connectivity index (χ3n) is 2.22. The molecule has 1 atom stereocenters. The molecule has 1 aromatic rings. The molecule has 1 aliphatic rings. The van der Waals surface area contributed by atoms with E-state index in [0.717, 1.165) is 37.5 Å². The molecule has 76 valence electrons. The molecule has 0 aromatic carbocycles. The van der Waals surface area contributed by atoms with Crippen molar-refractivity contribution < 1.29 is 4.79 Å². The van der Waals surface area contributed by atoms with Crippen LogP contribution in [0.15, 0.2) is 6.20 Å². The Morgan fingerprint density at radius 1 is 1.71 bits per heavy atom. The summed E-state index contributed by atoms with van der Waals surface area (Å²) in [7, 11) is 0. The van der Waals surface area contributed by atoms with Crippen LogP contribution in [0.1, 0.15) is 22.5 Å². The van der Waals surface area contributed by atoms with Crippen LogP contribution in [0, 0.1) is 0 Å². The summed E-state index contributed by atoms with van der Waals surface area (Å²) in [6.07, 6.45) is 3.66. The van der Waals surface area contributed by atoms with Crippen molar-refractivity contribution in [2.45, 2.75) is 18.9 Å². The highest BCUT2D eigenvalue weighted by molar-refractivity contribution is 7.07. The second-order valence-corrected chi connectivity index (χ2v) is 4.08. The maximum absolute atomic E-state index is 11.6. The van der Waals surface area contributed by atoms with E-state index >= 15 is 0 Å². The summed E-state index contributed by atoms with van der Waals surface area (Å²) in [6, 6.07) is 0.248. The number of carbonyl (C=O) groups excluding carboxylic acids is 1. The smallest absolute Gasteiger partial charge is 0.264 e. The lowest BCUT2D eigenvalue weighted by molar-refractivity contribution is 0.0934. The molecule has 1 fully saturated rings. The van der Waals surface area contributed by atoms with Gasteiger partial charge in [-0.25, -0.2) is 0 Å². The molecule has 0 radical (unpaired) electrons. The number of hydrogen-bond donors (Lipinski definition) is 2. The van der Waals surface area contributed by atoms with E-state index in [4.69, 9.17) is 0 Å². The molecule has 2 heterocycles. The molecule has 1 amide bonds. The van der Waals surface area contributed by atoms with Gasteiger partial charge in [-0.05, 0) is 30.9 Å². The first-order valence-electron chi connectivity index (χ1n) is 4.65. The predicted molar refractivity (Wildman–Crippen MR) is 53.3 cm³/mol. The summed E-state index contributed by atoms with van der Waals surface area (Å²) < 4.78 is 3.65. The molecule has 1 aliphatic heterocycles. The van der Waals surface area contributed by atoms with E-state index < -0.39 is 0 Å². The topological polar surface area (TPSA) is 66.9 Å². The van der Waals surface area contributed by atoms with Gasteiger partial charge in [0.05, 0.1) is 6.20 Å². The molecule has 1 aromatic heterocycles. The SMILES string of the molecule is O=C(NC1CCCNC1)c1cnns1. The number of carbonyl (C=O) groups is 1. The fraction of sp³-hybridized carbons (Fsp3) is 0.625. The van der Waals surface area contributed by atoms with Gasteiger partial charge in [-0.15, -0.1) is 5.10 Å². The van der Waals surface area contributed by atoms with Gasteiger partial charge < -0.3 is 10.6 Å². The van der Waals surface area contributed by atoms with Gasteiger partial charge in [-0.3, -0.25) is 4.79 Å². The fourth-order valence-corrected chi connectivity index (χ4v) is 1.92. The number of rotatable bonds is 2. The van der Waals surface area contributed by atoms with Gasteiger partial charge in [0.2, 0.25) is 0 Å². The predicted octanol–water partition coefficient (Wildman–Crippen LogP) is 0.0199. The van der Waals surface area contributed by atoms with E-state index in [9.17, 15) is 4.79 Å². The quantitative estimate of drug-likeness (QED) is 0.725. The molecular formula is C8H12N4OS. The second-order valence-electron chi connectivity index (χ2n) is 3.30. The van der Waals surface area contributed by atoms with Gasteiger partial charge in [0.1, 0.15) is 4.88 Å². The molecule has 0 saturated carbocycles. The Morgan fingerprint density at radius 2 is 2.64 bits per heavy atom. The Hall–Kier alpha value is -1.01. The number of hydrogen-bond acceptors (Lipinski definition) is 5. The summed E-state index contributed by atoms with van der Waals surface area (Å²) in [6.45, 7) is 1.91. The van der Waals surface area contributed by atoms with Gasteiger partial charge in [-0.1, -0.05) is 4.49 Å². The first-order chi connectivity index (χ1) is 6.86.